The van der Waals surface area contributed by atoms with Crippen LogP contribution in [-0.2, 0) is 16.0 Å². The first kappa shape index (κ1) is 21.0. The Morgan fingerprint density at radius 3 is 2.87 bits per heavy atom. The van der Waals surface area contributed by atoms with Gasteiger partial charge in [0, 0.05) is 28.5 Å². The topological polar surface area (TPSA) is 113 Å². The third kappa shape index (κ3) is 4.89. The van der Waals surface area contributed by atoms with E-state index in [1.165, 1.54) is 6.33 Å². The van der Waals surface area contributed by atoms with Crippen molar-refractivity contribution in [2.75, 3.05) is 5.75 Å². The Kier molecular flexibility index (Phi) is 6.24. The lowest BCUT2D eigenvalue weighted by molar-refractivity contribution is -0.141. The summed E-state index contributed by atoms with van der Waals surface area (Å²) in [6, 6.07) is 13.8. The van der Waals surface area contributed by atoms with Crippen molar-refractivity contribution in [3.63, 3.8) is 0 Å². The maximum Gasteiger partial charge on any atom is 0.326 e. The van der Waals surface area contributed by atoms with E-state index in [2.05, 4.69) is 20.5 Å². The lowest BCUT2D eigenvalue weighted by atomic mass is 10.1. The minimum atomic E-state index is -1.09. The van der Waals surface area contributed by atoms with Crippen molar-refractivity contribution in [1.29, 1.82) is 0 Å². The number of aromatic nitrogens is 4. The Hall–Kier alpha value is -3.30. The van der Waals surface area contributed by atoms with E-state index in [0.717, 1.165) is 33.9 Å². The number of para-hydroxylation sites is 1. The number of thioether (sulfide) groups is 1. The number of nitrogens with one attached hydrogen (secondary N) is 2. The van der Waals surface area contributed by atoms with Crippen LogP contribution in [0.3, 0.4) is 0 Å². The summed E-state index contributed by atoms with van der Waals surface area (Å²) in [6.45, 7) is 0. The fraction of sp³-hybridized carbons (Fsp3) is 0.143. The normalized spacial score (nSPS) is 12.0. The summed E-state index contributed by atoms with van der Waals surface area (Å²) in [6.07, 6.45) is 3.48. The molecule has 1 amide bonds. The summed E-state index contributed by atoms with van der Waals surface area (Å²) in [7, 11) is 0. The van der Waals surface area contributed by atoms with Crippen molar-refractivity contribution in [2.24, 2.45) is 0 Å². The molecule has 0 bridgehead atoms. The highest BCUT2D eigenvalue weighted by atomic mass is 35.5. The van der Waals surface area contributed by atoms with Crippen molar-refractivity contribution in [2.45, 2.75) is 17.6 Å². The number of hydrogen-bond acceptors (Lipinski definition) is 5. The Bertz CT molecular complexity index is 1240. The van der Waals surface area contributed by atoms with Crippen molar-refractivity contribution in [3.05, 3.63) is 71.6 Å². The van der Waals surface area contributed by atoms with Gasteiger partial charge in [0.15, 0.2) is 5.16 Å². The molecule has 0 saturated heterocycles. The highest BCUT2D eigenvalue weighted by molar-refractivity contribution is 7.99. The molecule has 31 heavy (non-hydrogen) atoms. The van der Waals surface area contributed by atoms with E-state index < -0.39 is 17.9 Å². The van der Waals surface area contributed by atoms with E-state index in [0.29, 0.717) is 10.2 Å². The number of hydrogen-bond donors (Lipinski definition) is 3. The molecular formula is C21H18ClN5O3S. The van der Waals surface area contributed by atoms with E-state index in [4.69, 9.17) is 11.6 Å². The van der Waals surface area contributed by atoms with Crippen molar-refractivity contribution in [3.8, 4) is 5.69 Å². The summed E-state index contributed by atoms with van der Waals surface area (Å²) in [5, 5.41) is 22.1. The lowest BCUT2D eigenvalue weighted by Gasteiger charge is -2.14. The van der Waals surface area contributed by atoms with Gasteiger partial charge in [0.1, 0.15) is 12.4 Å². The van der Waals surface area contributed by atoms with Gasteiger partial charge in [-0.05, 0) is 29.8 Å². The summed E-state index contributed by atoms with van der Waals surface area (Å²) in [4.78, 5) is 27.3. The fourth-order valence-electron chi connectivity index (χ4n) is 3.21. The van der Waals surface area contributed by atoms with Crippen LogP contribution in [0.1, 0.15) is 5.56 Å². The second-order valence-corrected chi connectivity index (χ2v) is 8.15. The first-order chi connectivity index (χ1) is 15.0. The number of amides is 1. The molecule has 4 aromatic rings. The zero-order chi connectivity index (χ0) is 21.8. The third-order valence-electron chi connectivity index (χ3n) is 4.67. The second-order valence-electron chi connectivity index (χ2n) is 6.77. The quantitative estimate of drug-likeness (QED) is 0.351. The van der Waals surface area contributed by atoms with Gasteiger partial charge < -0.3 is 15.4 Å². The molecule has 0 fully saturated rings. The average Bonchev–Trinajstić information content (AvgIpc) is 3.39. The number of carboxylic acids is 1. The van der Waals surface area contributed by atoms with Gasteiger partial charge in [0.05, 0.1) is 11.4 Å². The van der Waals surface area contributed by atoms with E-state index in [-0.39, 0.29) is 12.2 Å². The number of carboxylic acid groups (broad SMARTS) is 1. The number of benzene rings is 2. The van der Waals surface area contributed by atoms with Crippen molar-refractivity contribution < 1.29 is 14.7 Å². The summed E-state index contributed by atoms with van der Waals surface area (Å²) < 4.78 is 1.71. The van der Waals surface area contributed by atoms with Gasteiger partial charge in [-0.2, -0.15) is 0 Å². The van der Waals surface area contributed by atoms with Crippen molar-refractivity contribution in [1.82, 2.24) is 25.1 Å². The van der Waals surface area contributed by atoms with Gasteiger partial charge >= 0.3 is 5.97 Å². The highest BCUT2D eigenvalue weighted by Gasteiger charge is 2.22. The molecule has 2 aromatic heterocycles. The first-order valence-electron chi connectivity index (χ1n) is 9.37. The molecule has 8 nitrogen and oxygen atoms in total. The van der Waals surface area contributed by atoms with Crippen LogP contribution in [0, 0.1) is 0 Å². The van der Waals surface area contributed by atoms with Crippen LogP contribution in [-0.4, -0.2) is 48.5 Å². The van der Waals surface area contributed by atoms with Gasteiger partial charge in [0.25, 0.3) is 0 Å². The Labute approximate surface area is 186 Å². The standard InChI is InChI=1S/C21H18ClN5O3S/c22-14-4-3-5-15(9-14)27-12-24-26-21(27)31-11-19(28)25-18(20(29)30)8-13-10-23-17-7-2-1-6-16(13)17/h1-7,9-10,12,18,23H,8,11H2,(H,25,28)(H,29,30)/t18-/m0/s1. The van der Waals surface area contributed by atoms with Gasteiger partial charge in [0.2, 0.25) is 5.91 Å². The third-order valence-corrected chi connectivity index (χ3v) is 5.85. The van der Waals surface area contributed by atoms with Crippen LogP contribution in [0.4, 0.5) is 0 Å². The molecule has 0 radical (unpaired) electrons. The monoisotopic (exact) mass is 455 g/mol. The lowest BCUT2D eigenvalue weighted by Crippen LogP contribution is -2.43. The molecule has 10 heteroatoms. The molecule has 2 heterocycles. The number of carbonyl (C=O) groups is 2. The summed E-state index contributed by atoms with van der Waals surface area (Å²) in [5.41, 5.74) is 2.52. The largest absolute Gasteiger partial charge is 0.480 e. The van der Waals surface area contributed by atoms with E-state index in [1.54, 1.807) is 29.0 Å². The van der Waals surface area contributed by atoms with Gasteiger partial charge in [-0.15, -0.1) is 10.2 Å². The minimum Gasteiger partial charge on any atom is -0.480 e. The average molecular weight is 456 g/mol. The molecule has 0 aliphatic rings. The maximum atomic E-state index is 12.5. The molecule has 0 spiro atoms. The number of aromatic amines is 1. The molecule has 0 unspecified atom stereocenters. The van der Waals surface area contributed by atoms with Gasteiger partial charge in [-0.1, -0.05) is 47.6 Å². The molecule has 2 aromatic carbocycles. The smallest absolute Gasteiger partial charge is 0.326 e. The maximum absolute atomic E-state index is 12.5. The summed E-state index contributed by atoms with van der Waals surface area (Å²) >= 11 is 7.20. The molecule has 1 atom stereocenters. The molecular weight excluding hydrogens is 438 g/mol. The summed E-state index contributed by atoms with van der Waals surface area (Å²) in [5.74, 6) is -1.50. The predicted octanol–water partition coefficient (Wildman–Crippen LogP) is 3.31. The van der Waals surface area contributed by atoms with Crippen LogP contribution >= 0.6 is 23.4 Å². The number of halogens is 1. The number of carbonyl (C=O) groups excluding carboxylic acids is 1. The van der Waals surface area contributed by atoms with Crippen LogP contribution in [0.15, 0.2) is 66.2 Å². The number of H-pyrrole nitrogens is 1. The number of rotatable bonds is 8. The van der Waals surface area contributed by atoms with E-state index in [1.807, 2.05) is 30.3 Å². The SMILES string of the molecule is O=C(CSc1nncn1-c1cccc(Cl)c1)N[C@@H](Cc1c[nH]c2ccccc12)C(=O)O. The van der Waals surface area contributed by atoms with Crippen LogP contribution in [0.5, 0.6) is 0 Å². The minimum absolute atomic E-state index is 0.00305. The molecule has 0 saturated carbocycles. The number of aliphatic carboxylic acids is 1. The van der Waals surface area contributed by atoms with Gasteiger partial charge in [-0.3, -0.25) is 9.36 Å². The first-order valence-corrected chi connectivity index (χ1v) is 10.7. The van der Waals surface area contributed by atoms with Crippen LogP contribution < -0.4 is 5.32 Å². The number of nitrogens with zero attached hydrogens (tertiary/aromatic N) is 3. The zero-order valence-electron chi connectivity index (χ0n) is 16.2. The zero-order valence-corrected chi connectivity index (χ0v) is 17.7. The number of fused-ring (bicyclic) bond motifs is 1. The van der Waals surface area contributed by atoms with Gasteiger partial charge in [-0.25, -0.2) is 4.79 Å². The second kappa shape index (κ2) is 9.23. The fourth-order valence-corrected chi connectivity index (χ4v) is 4.14. The highest BCUT2D eigenvalue weighted by Crippen LogP contribution is 2.22. The van der Waals surface area contributed by atoms with Crippen LogP contribution in [0.25, 0.3) is 16.6 Å². The molecule has 0 aliphatic heterocycles. The Balaban J connectivity index is 1.41. The van der Waals surface area contributed by atoms with E-state index >= 15 is 0 Å². The molecule has 158 valence electrons. The molecule has 3 N–H and O–H groups in total. The molecule has 4 rings (SSSR count). The van der Waals surface area contributed by atoms with E-state index in [9.17, 15) is 14.7 Å². The van der Waals surface area contributed by atoms with Crippen molar-refractivity contribution >= 4 is 46.1 Å². The van der Waals surface area contributed by atoms with Crippen LogP contribution in [0.2, 0.25) is 5.02 Å². The Morgan fingerprint density at radius 2 is 2.06 bits per heavy atom. The molecule has 0 aliphatic carbocycles. The predicted molar refractivity (Wildman–Crippen MR) is 119 cm³/mol. The Morgan fingerprint density at radius 1 is 1.23 bits per heavy atom.